The predicted octanol–water partition coefficient (Wildman–Crippen LogP) is 0.180. The van der Waals surface area contributed by atoms with E-state index in [2.05, 4.69) is 6.58 Å². The highest BCUT2D eigenvalue weighted by molar-refractivity contribution is 5.79. The van der Waals surface area contributed by atoms with E-state index >= 15 is 0 Å². The van der Waals surface area contributed by atoms with Crippen LogP contribution in [0.25, 0.3) is 0 Å². The Morgan fingerprint density at radius 3 is 2.94 bits per heavy atom. The Balaban J connectivity index is 2.58. The van der Waals surface area contributed by atoms with E-state index in [4.69, 9.17) is 5.11 Å². The number of nitrogens with zero attached hydrogens (tertiary/aromatic N) is 2. The minimum absolute atomic E-state index is 0.0772. The molecule has 0 bridgehead atoms. The molecule has 1 atom stereocenters. The van der Waals surface area contributed by atoms with E-state index in [0.717, 1.165) is 0 Å². The van der Waals surface area contributed by atoms with E-state index < -0.39 is 5.97 Å². The van der Waals surface area contributed by atoms with E-state index in [9.17, 15) is 9.59 Å². The molecule has 5 heteroatoms. The van der Waals surface area contributed by atoms with Gasteiger partial charge in [-0.05, 0) is 6.42 Å². The largest absolute Gasteiger partial charge is 0.481 e. The maximum Gasteiger partial charge on any atom is 0.303 e. The van der Waals surface area contributed by atoms with Gasteiger partial charge in [0.25, 0.3) is 0 Å². The van der Waals surface area contributed by atoms with Gasteiger partial charge in [0.1, 0.15) is 0 Å². The first-order valence-corrected chi connectivity index (χ1v) is 5.35. The first kappa shape index (κ1) is 12.7. The molecule has 1 aliphatic rings. The van der Waals surface area contributed by atoms with Crippen molar-refractivity contribution in [2.75, 3.05) is 26.7 Å². The molecule has 1 fully saturated rings. The molecule has 0 saturated carbocycles. The predicted molar refractivity (Wildman–Crippen MR) is 60.1 cm³/mol. The van der Waals surface area contributed by atoms with Crippen molar-refractivity contribution in [3.63, 3.8) is 0 Å². The van der Waals surface area contributed by atoms with Crippen molar-refractivity contribution in [3.05, 3.63) is 12.7 Å². The van der Waals surface area contributed by atoms with Crippen molar-refractivity contribution in [2.24, 2.45) is 0 Å². The molecular formula is C11H18N2O3. The van der Waals surface area contributed by atoms with E-state index in [1.807, 2.05) is 4.90 Å². The number of amides is 1. The number of carboxylic acid groups (broad SMARTS) is 1. The number of hydrogen-bond acceptors (Lipinski definition) is 3. The molecule has 0 aromatic heterocycles. The minimum Gasteiger partial charge on any atom is -0.481 e. The quantitative estimate of drug-likeness (QED) is 0.679. The molecule has 90 valence electrons. The van der Waals surface area contributed by atoms with Gasteiger partial charge in [0.15, 0.2) is 0 Å². The van der Waals surface area contributed by atoms with Gasteiger partial charge < -0.3 is 10.0 Å². The fraction of sp³-hybridized carbons (Fsp3) is 0.636. The summed E-state index contributed by atoms with van der Waals surface area (Å²) in [5.74, 6) is -0.716. The van der Waals surface area contributed by atoms with E-state index in [1.165, 1.54) is 0 Å². The maximum atomic E-state index is 11.5. The van der Waals surface area contributed by atoms with Gasteiger partial charge in [0, 0.05) is 32.6 Å². The van der Waals surface area contributed by atoms with Crippen molar-refractivity contribution in [1.29, 1.82) is 0 Å². The lowest BCUT2D eigenvalue weighted by molar-refractivity contribution is -0.138. The number of carboxylic acids is 1. The van der Waals surface area contributed by atoms with Crippen LogP contribution < -0.4 is 0 Å². The highest BCUT2D eigenvalue weighted by Gasteiger charge is 2.29. The smallest absolute Gasteiger partial charge is 0.303 e. The molecule has 0 radical (unpaired) electrons. The van der Waals surface area contributed by atoms with Gasteiger partial charge in [0.2, 0.25) is 5.91 Å². The number of rotatable bonds is 5. The molecule has 5 nitrogen and oxygen atoms in total. The standard InChI is InChI=1S/C11H18N2O3/c1-3-6-13-8-10(14)12(2)7-9(13)4-5-11(15)16/h3,9H,1,4-8H2,2H3,(H,15,16). The number of carbonyl (C=O) groups excluding carboxylic acids is 1. The number of carbonyl (C=O) groups is 2. The normalized spacial score (nSPS) is 22.2. The van der Waals surface area contributed by atoms with Crippen molar-refractivity contribution >= 4 is 11.9 Å². The summed E-state index contributed by atoms with van der Waals surface area (Å²) in [5.41, 5.74) is 0. The van der Waals surface area contributed by atoms with Gasteiger partial charge >= 0.3 is 5.97 Å². The van der Waals surface area contributed by atoms with Crippen LogP contribution in [-0.4, -0.2) is 59.5 Å². The zero-order chi connectivity index (χ0) is 12.1. The van der Waals surface area contributed by atoms with Crippen LogP contribution in [0, 0.1) is 0 Å². The van der Waals surface area contributed by atoms with Gasteiger partial charge in [-0.2, -0.15) is 0 Å². The van der Waals surface area contributed by atoms with Crippen molar-refractivity contribution in [1.82, 2.24) is 9.80 Å². The highest BCUT2D eigenvalue weighted by atomic mass is 16.4. The molecule has 1 saturated heterocycles. The Labute approximate surface area is 95.3 Å². The summed E-state index contributed by atoms with van der Waals surface area (Å²) in [6, 6.07) is 0.122. The van der Waals surface area contributed by atoms with Crippen LogP contribution in [0.5, 0.6) is 0 Å². The van der Waals surface area contributed by atoms with Crippen LogP contribution in [-0.2, 0) is 9.59 Å². The van der Waals surface area contributed by atoms with Crippen molar-refractivity contribution in [3.8, 4) is 0 Å². The molecule has 1 N–H and O–H groups in total. The summed E-state index contributed by atoms with van der Waals surface area (Å²) in [4.78, 5) is 25.7. The summed E-state index contributed by atoms with van der Waals surface area (Å²) in [5, 5.41) is 8.66. The maximum absolute atomic E-state index is 11.5. The molecule has 1 amide bonds. The SMILES string of the molecule is C=CCN1CC(=O)N(C)CC1CCC(=O)O. The van der Waals surface area contributed by atoms with Crippen LogP contribution in [0.2, 0.25) is 0 Å². The molecule has 0 aliphatic carbocycles. The number of hydrogen-bond donors (Lipinski definition) is 1. The molecule has 1 unspecified atom stereocenters. The fourth-order valence-corrected chi connectivity index (χ4v) is 1.90. The van der Waals surface area contributed by atoms with Crippen molar-refractivity contribution in [2.45, 2.75) is 18.9 Å². The molecule has 1 aliphatic heterocycles. The van der Waals surface area contributed by atoms with E-state index in [-0.39, 0.29) is 18.4 Å². The minimum atomic E-state index is -0.793. The first-order valence-electron chi connectivity index (χ1n) is 5.35. The third-order valence-electron chi connectivity index (χ3n) is 2.82. The average Bonchev–Trinajstić information content (AvgIpc) is 2.21. The molecule has 1 rings (SSSR count). The number of piperazine rings is 1. The lowest BCUT2D eigenvalue weighted by Gasteiger charge is -2.38. The highest BCUT2D eigenvalue weighted by Crippen LogP contribution is 2.14. The summed E-state index contributed by atoms with van der Waals surface area (Å²) < 4.78 is 0. The molecule has 1 heterocycles. The summed E-state index contributed by atoms with van der Waals surface area (Å²) in [6.07, 6.45) is 2.45. The van der Waals surface area contributed by atoms with Crippen LogP contribution >= 0.6 is 0 Å². The molecule has 0 aromatic rings. The van der Waals surface area contributed by atoms with Gasteiger partial charge in [-0.3, -0.25) is 14.5 Å². The van der Waals surface area contributed by atoms with Crippen molar-refractivity contribution < 1.29 is 14.7 Å². The Morgan fingerprint density at radius 1 is 1.69 bits per heavy atom. The first-order chi connectivity index (χ1) is 7.54. The van der Waals surface area contributed by atoms with Gasteiger partial charge in [-0.15, -0.1) is 6.58 Å². The second-order valence-electron chi connectivity index (χ2n) is 4.08. The molecular weight excluding hydrogens is 208 g/mol. The van der Waals surface area contributed by atoms with Gasteiger partial charge in [-0.1, -0.05) is 6.08 Å². The Bertz CT molecular complexity index is 291. The second-order valence-corrected chi connectivity index (χ2v) is 4.08. The Hall–Kier alpha value is -1.36. The summed E-state index contributed by atoms with van der Waals surface area (Å²) in [6.45, 7) is 5.23. The van der Waals surface area contributed by atoms with E-state index in [0.29, 0.717) is 26.1 Å². The topological polar surface area (TPSA) is 60.9 Å². The molecule has 0 spiro atoms. The number of likely N-dealkylation sites (N-methyl/N-ethyl adjacent to an activating group) is 1. The van der Waals surface area contributed by atoms with E-state index in [1.54, 1.807) is 18.0 Å². The van der Waals surface area contributed by atoms with Crippen LogP contribution in [0.1, 0.15) is 12.8 Å². The molecule has 16 heavy (non-hydrogen) atoms. The summed E-state index contributed by atoms with van der Waals surface area (Å²) in [7, 11) is 1.75. The second kappa shape index (κ2) is 5.65. The average molecular weight is 226 g/mol. The zero-order valence-corrected chi connectivity index (χ0v) is 9.56. The molecule has 0 aromatic carbocycles. The third kappa shape index (κ3) is 3.34. The van der Waals surface area contributed by atoms with Crippen LogP contribution in [0.3, 0.4) is 0 Å². The Morgan fingerprint density at radius 2 is 2.38 bits per heavy atom. The number of aliphatic carboxylic acids is 1. The lowest BCUT2D eigenvalue weighted by Crippen LogP contribution is -2.54. The third-order valence-corrected chi connectivity index (χ3v) is 2.82. The van der Waals surface area contributed by atoms with Gasteiger partial charge in [0.05, 0.1) is 6.54 Å². The lowest BCUT2D eigenvalue weighted by atomic mass is 10.1. The zero-order valence-electron chi connectivity index (χ0n) is 9.56. The summed E-state index contributed by atoms with van der Waals surface area (Å²) >= 11 is 0. The van der Waals surface area contributed by atoms with Gasteiger partial charge in [-0.25, -0.2) is 0 Å². The van der Waals surface area contributed by atoms with Crippen LogP contribution in [0.4, 0.5) is 0 Å². The fourth-order valence-electron chi connectivity index (χ4n) is 1.90. The monoisotopic (exact) mass is 226 g/mol. The van der Waals surface area contributed by atoms with Crippen LogP contribution in [0.15, 0.2) is 12.7 Å². The Kier molecular flexibility index (Phi) is 4.49.